The van der Waals surface area contributed by atoms with Crippen molar-refractivity contribution in [3.05, 3.63) is 82.9 Å². The molecular weight excluding hydrogens is 1060 g/mol. The second kappa shape index (κ2) is 25.6. The summed E-state index contributed by atoms with van der Waals surface area (Å²) in [6, 6.07) is 14.4. The number of hydrogen-bond donors (Lipinski definition) is 8. The van der Waals surface area contributed by atoms with E-state index in [1.165, 1.54) is 26.0 Å². The molecule has 2 aromatic carbocycles. The molecule has 0 aromatic heterocycles. The van der Waals surface area contributed by atoms with Gasteiger partial charge in [-0.1, -0.05) is 94.5 Å². The van der Waals surface area contributed by atoms with E-state index in [1.54, 1.807) is 83.1 Å². The van der Waals surface area contributed by atoms with E-state index in [0.717, 1.165) is 26.2 Å². The standard InChI is InChI=1S/C59H81NO21/c1-32-36(76-52(71)44(66)42(34-22-16-14-17-23-34)60-54(72)81-55(3,4)5)29-59(73)50(79-51(70)35-24-18-15-19-25-35)48-57(8,38(63)28-39-58(48,31-75-39)80-33(2)62)49(69)47(41(32)56(59,6)7)78-40(64)26-20-12-10-9-11-13-21-27-74-53-46(68)45(67)43(65)37(30-61)77-53/h14-19,22-25,36-39,42-48,50,53,61,63,65-68,73H,9-13,20-21,26-31H2,1-8H3,(H,60,72)/t36-,37+,38-,39+,42-,43-,44+,45-,46+,47+,48-,50-,53?,57+,58-,59+/m0/s1. The minimum atomic E-state index is -2.47. The molecule has 0 radical (unpaired) electrons. The summed E-state index contributed by atoms with van der Waals surface area (Å²) in [5.41, 5.74) is -8.73. The summed E-state index contributed by atoms with van der Waals surface area (Å²) in [7, 11) is 0. The van der Waals surface area contributed by atoms with Crippen molar-refractivity contribution in [3.63, 3.8) is 0 Å². The molecular formula is C59H81NO21. The molecule has 0 spiro atoms. The first-order valence-corrected chi connectivity index (χ1v) is 27.9. The van der Waals surface area contributed by atoms with Crippen LogP contribution in [0, 0.1) is 16.7 Å². The number of unbranched alkanes of at least 4 members (excludes halogenated alkanes) is 6. The van der Waals surface area contributed by atoms with Crippen molar-refractivity contribution >= 4 is 35.8 Å². The van der Waals surface area contributed by atoms with Gasteiger partial charge in [-0.25, -0.2) is 14.4 Å². The largest absolute Gasteiger partial charge is 0.456 e. The lowest BCUT2D eigenvalue weighted by Crippen LogP contribution is -2.82. The predicted molar refractivity (Wildman–Crippen MR) is 284 cm³/mol. The zero-order valence-corrected chi connectivity index (χ0v) is 47.3. The maximum Gasteiger partial charge on any atom is 0.408 e. The van der Waals surface area contributed by atoms with E-state index in [4.69, 9.17) is 37.9 Å². The molecule has 4 fully saturated rings. The van der Waals surface area contributed by atoms with Crippen molar-refractivity contribution in [1.82, 2.24) is 5.32 Å². The van der Waals surface area contributed by atoms with Crippen LogP contribution in [-0.2, 0) is 57.1 Å². The van der Waals surface area contributed by atoms with Crippen molar-refractivity contribution in [2.24, 2.45) is 16.7 Å². The number of esters is 4. The number of aliphatic hydroxyl groups excluding tert-OH is 6. The Morgan fingerprint density at radius 2 is 1.44 bits per heavy atom. The Kier molecular flexibility index (Phi) is 20.0. The van der Waals surface area contributed by atoms with Crippen LogP contribution >= 0.6 is 0 Å². The average Bonchev–Trinajstić information content (AvgIpc) is 1.95. The van der Waals surface area contributed by atoms with E-state index in [9.17, 15) is 59.7 Å². The molecule has 7 rings (SSSR count). The lowest BCUT2D eigenvalue weighted by molar-refractivity contribution is -0.346. The first-order valence-electron chi connectivity index (χ1n) is 27.9. The van der Waals surface area contributed by atoms with Gasteiger partial charge in [-0.2, -0.15) is 0 Å². The zero-order chi connectivity index (χ0) is 59.4. The molecule has 1 unspecified atom stereocenters. The Bertz CT molecular complexity index is 2590. The van der Waals surface area contributed by atoms with Gasteiger partial charge in [0.15, 0.2) is 29.9 Å². The van der Waals surface area contributed by atoms with Crippen LogP contribution in [0.15, 0.2) is 71.8 Å². The number of aliphatic hydroxyl groups is 7. The van der Waals surface area contributed by atoms with Gasteiger partial charge in [0, 0.05) is 38.2 Å². The molecule has 16 atom stereocenters. The zero-order valence-electron chi connectivity index (χ0n) is 47.3. The van der Waals surface area contributed by atoms with Gasteiger partial charge in [0.25, 0.3) is 0 Å². The number of Topliss-reactive ketones (excluding diaryl/α,β-unsaturated/α-hetero) is 1. The van der Waals surface area contributed by atoms with Crippen LogP contribution in [0.3, 0.4) is 0 Å². The van der Waals surface area contributed by atoms with Crippen molar-refractivity contribution in [3.8, 4) is 0 Å². The third-order valence-corrected chi connectivity index (χ3v) is 17.0. The van der Waals surface area contributed by atoms with Crippen molar-refractivity contribution in [2.75, 3.05) is 19.8 Å². The van der Waals surface area contributed by atoms with Crippen LogP contribution in [0.2, 0.25) is 0 Å². The Morgan fingerprint density at radius 3 is 2.04 bits per heavy atom. The summed E-state index contributed by atoms with van der Waals surface area (Å²) in [5, 5.41) is 80.6. The third-order valence-electron chi connectivity index (χ3n) is 17.0. The van der Waals surface area contributed by atoms with Crippen molar-refractivity contribution in [1.29, 1.82) is 0 Å². The van der Waals surface area contributed by atoms with Crippen molar-refractivity contribution < 1.29 is 102 Å². The van der Waals surface area contributed by atoms with E-state index in [2.05, 4.69) is 5.32 Å². The molecule has 2 aromatic rings. The maximum absolute atomic E-state index is 16.1. The number of ether oxygens (including phenoxy) is 8. The van der Waals surface area contributed by atoms with Gasteiger partial charge in [0.1, 0.15) is 53.9 Å². The fraction of sp³-hybridized carbons (Fsp3) is 0.661. The molecule has 8 N–H and O–H groups in total. The molecule has 1 amide bonds. The average molecular weight is 1140 g/mol. The summed E-state index contributed by atoms with van der Waals surface area (Å²) >= 11 is 0. The van der Waals surface area contributed by atoms with Crippen molar-refractivity contribution in [2.45, 2.75) is 210 Å². The summed E-state index contributed by atoms with van der Waals surface area (Å²) in [6.45, 7) is 11.3. The summed E-state index contributed by atoms with van der Waals surface area (Å²) in [4.78, 5) is 85.9. The highest BCUT2D eigenvalue weighted by Crippen LogP contribution is 2.64. The molecule has 2 bridgehead atoms. The normalized spacial score (nSPS) is 33.2. The summed E-state index contributed by atoms with van der Waals surface area (Å²) in [6.07, 6.45) is -14.5. The van der Waals surface area contributed by atoms with Gasteiger partial charge < -0.3 is 79.0 Å². The molecule has 22 nitrogen and oxygen atoms in total. The van der Waals surface area contributed by atoms with Gasteiger partial charge in [0.05, 0.1) is 42.3 Å². The summed E-state index contributed by atoms with van der Waals surface area (Å²) in [5.74, 6) is -6.39. The second-order valence-electron chi connectivity index (χ2n) is 23.8. The van der Waals surface area contributed by atoms with Crippen LogP contribution < -0.4 is 5.32 Å². The molecule has 448 valence electrons. The number of hydrogen-bond acceptors (Lipinski definition) is 21. The Morgan fingerprint density at radius 1 is 0.827 bits per heavy atom. The molecule has 5 aliphatic rings. The minimum absolute atomic E-state index is 0.0370. The molecule has 81 heavy (non-hydrogen) atoms. The fourth-order valence-corrected chi connectivity index (χ4v) is 12.5. The van der Waals surface area contributed by atoms with Crippen LogP contribution in [-0.4, -0.2) is 175 Å². The minimum Gasteiger partial charge on any atom is -0.456 e. The highest BCUT2D eigenvalue weighted by molar-refractivity contribution is 5.96. The van der Waals surface area contributed by atoms with Gasteiger partial charge in [-0.3, -0.25) is 14.4 Å². The highest BCUT2D eigenvalue weighted by Gasteiger charge is 2.78. The number of fused-ring (bicyclic) bond motifs is 5. The van der Waals surface area contributed by atoms with E-state index in [0.29, 0.717) is 31.2 Å². The monoisotopic (exact) mass is 1140 g/mol. The fourth-order valence-electron chi connectivity index (χ4n) is 12.5. The van der Waals surface area contributed by atoms with Gasteiger partial charge in [0.2, 0.25) is 0 Å². The molecule has 2 heterocycles. The first kappa shape index (κ1) is 63.2. The number of nitrogens with one attached hydrogen (secondary N) is 1. The third kappa shape index (κ3) is 13.0. The van der Waals surface area contributed by atoms with Crippen LogP contribution in [0.4, 0.5) is 4.79 Å². The topological polar surface area (TPSA) is 330 Å². The van der Waals surface area contributed by atoms with E-state index < -0.39 is 156 Å². The number of benzene rings is 2. The van der Waals surface area contributed by atoms with E-state index in [-0.39, 0.29) is 42.8 Å². The molecule has 3 aliphatic carbocycles. The van der Waals surface area contributed by atoms with Gasteiger partial charge in [-0.15, -0.1) is 0 Å². The predicted octanol–water partition coefficient (Wildman–Crippen LogP) is 3.75. The number of carbonyl (C=O) groups is 6. The van der Waals surface area contributed by atoms with Gasteiger partial charge in [-0.05, 0) is 76.3 Å². The Balaban J connectivity index is 1.19. The SMILES string of the molecule is CC(=O)O[C@@]12CO[C@@H]1C[C@H](O)[C@@]1(C)C(=O)[C@H](OC(=O)CCCCCCCCCOC3O[C@H](CO)[C@H](O)[C@H](O)[C@H]3O)C3=C(C)[C@@H](OC(=O)[C@H](O)[C@@H](NC(=O)OC(C)(C)C)c4ccccc4)C[C@@](O)([C@@H](OC(=O)c4ccccc4)[C@H]21)C3(C)C. The molecule has 22 heteroatoms. The van der Waals surface area contributed by atoms with Crippen LogP contribution in [0.25, 0.3) is 0 Å². The Labute approximate surface area is 471 Å². The number of rotatable bonds is 21. The Hall–Kier alpha value is -5.40. The maximum atomic E-state index is 16.1. The second-order valence-corrected chi connectivity index (χ2v) is 23.8. The highest BCUT2D eigenvalue weighted by atomic mass is 16.7. The molecule has 2 aliphatic heterocycles. The van der Waals surface area contributed by atoms with Crippen LogP contribution in [0.5, 0.6) is 0 Å². The lowest BCUT2D eigenvalue weighted by atomic mass is 9.44. The number of carbonyl (C=O) groups excluding carboxylic acids is 6. The smallest absolute Gasteiger partial charge is 0.408 e. The number of amides is 1. The first-order chi connectivity index (χ1) is 38.1. The molecule has 2 saturated heterocycles. The summed E-state index contributed by atoms with van der Waals surface area (Å²) < 4.78 is 47.5. The van der Waals surface area contributed by atoms with Crippen LogP contribution in [0.1, 0.15) is 142 Å². The number of ketones is 1. The quantitative estimate of drug-likeness (QED) is 0.0382. The lowest BCUT2D eigenvalue weighted by Gasteiger charge is -2.67. The van der Waals surface area contributed by atoms with E-state index in [1.807, 2.05) is 0 Å². The number of alkyl carbamates (subject to hydrolysis) is 1. The molecule has 2 saturated carbocycles. The van der Waals surface area contributed by atoms with E-state index >= 15 is 4.79 Å². The van der Waals surface area contributed by atoms with Gasteiger partial charge >= 0.3 is 30.0 Å².